The molecule has 7 nitrogen and oxygen atoms in total. The van der Waals surface area contributed by atoms with Crippen molar-refractivity contribution >= 4 is 23.4 Å². The number of methoxy groups -OCH3 is 1. The van der Waals surface area contributed by atoms with Gasteiger partial charge in [-0.05, 0) is 29.8 Å². The number of Topliss-reactive ketones (excluding diaryl/α,β-unsaturated/α-hetero) is 1. The van der Waals surface area contributed by atoms with Crippen molar-refractivity contribution in [2.75, 3.05) is 7.11 Å². The molecule has 0 spiro atoms. The van der Waals surface area contributed by atoms with Crippen molar-refractivity contribution in [2.45, 2.75) is 12.6 Å². The first kappa shape index (κ1) is 20.2. The lowest BCUT2D eigenvalue weighted by Crippen LogP contribution is -2.29. The molecule has 1 amide bonds. The zero-order chi connectivity index (χ0) is 22.0. The van der Waals surface area contributed by atoms with Crippen LogP contribution >= 0.6 is 0 Å². The molecule has 1 aromatic heterocycles. The van der Waals surface area contributed by atoms with E-state index < -0.39 is 23.7 Å². The highest BCUT2D eigenvalue weighted by Crippen LogP contribution is 2.40. The average Bonchev–Trinajstić information content (AvgIpc) is 3.41. The summed E-state index contributed by atoms with van der Waals surface area (Å²) in [6.07, 6.45) is 1.48. The van der Waals surface area contributed by atoms with Gasteiger partial charge in [0.15, 0.2) is 0 Å². The molecule has 3 aromatic rings. The molecule has 0 radical (unpaired) electrons. The summed E-state index contributed by atoms with van der Waals surface area (Å²) >= 11 is 0. The number of carbonyl (C=O) groups is 3. The van der Waals surface area contributed by atoms with Crippen LogP contribution in [0.4, 0.5) is 0 Å². The monoisotopic (exact) mass is 417 g/mol. The second-order valence-electron chi connectivity index (χ2n) is 6.99. The summed E-state index contributed by atoms with van der Waals surface area (Å²) in [5, 5.41) is 10.9. The Bertz CT molecular complexity index is 1150. The van der Waals surface area contributed by atoms with Gasteiger partial charge in [0.1, 0.15) is 11.5 Å². The second-order valence-corrected chi connectivity index (χ2v) is 6.99. The zero-order valence-corrected chi connectivity index (χ0v) is 16.6. The summed E-state index contributed by atoms with van der Waals surface area (Å²) < 4.78 is 10.1. The molecular formula is C24H19NO6. The van der Waals surface area contributed by atoms with E-state index in [1.54, 1.807) is 66.7 Å². The van der Waals surface area contributed by atoms with Crippen molar-refractivity contribution in [2.24, 2.45) is 0 Å². The van der Waals surface area contributed by atoms with Gasteiger partial charge in [0.25, 0.3) is 11.7 Å². The fraction of sp³-hybridized carbons (Fsp3) is 0.125. The van der Waals surface area contributed by atoms with Gasteiger partial charge in [0, 0.05) is 5.56 Å². The van der Waals surface area contributed by atoms with Gasteiger partial charge in [0.05, 0.1) is 37.1 Å². The quantitative estimate of drug-likeness (QED) is 0.294. The number of hydrogen-bond acceptors (Lipinski definition) is 6. The van der Waals surface area contributed by atoms with Crippen molar-refractivity contribution in [3.05, 3.63) is 101 Å². The first-order valence-corrected chi connectivity index (χ1v) is 9.55. The average molecular weight is 417 g/mol. The number of aliphatic hydroxyl groups is 1. The highest BCUT2D eigenvalue weighted by Gasteiger charge is 2.46. The van der Waals surface area contributed by atoms with Crippen molar-refractivity contribution in [1.29, 1.82) is 0 Å². The summed E-state index contributed by atoms with van der Waals surface area (Å²) in [5.74, 6) is -1.79. The van der Waals surface area contributed by atoms with E-state index in [0.29, 0.717) is 22.5 Å². The van der Waals surface area contributed by atoms with Crippen LogP contribution in [0, 0.1) is 0 Å². The van der Waals surface area contributed by atoms with Crippen LogP contribution in [0.15, 0.2) is 83.0 Å². The van der Waals surface area contributed by atoms with Gasteiger partial charge in [0.2, 0.25) is 0 Å². The Morgan fingerprint density at radius 1 is 1.00 bits per heavy atom. The molecule has 2 aromatic carbocycles. The van der Waals surface area contributed by atoms with Crippen LogP contribution < -0.4 is 0 Å². The minimum Gasteiger partial charge on any atom is -0.507 e. The molecule has 31 heavy (non-hydrogen) atoms. The van der Waals surface area contributed by atoms with E-state index in [0.717, 1.165) is 0 Å². The SMILES string of the molecule is COC(=O)c1ccc(C2/C(=C(\O)c3ccccc3)C(=O)C(=O)N2Cc2ccco2)cc1. The first-order chi connectivity index (χ1) is 15.0. The Kier molecular flexibility index (Phi) is 5.41. The van der Waals surface area contributed by atoms with Crippen molar-refractivity contribution in [3.8, 4) is 0 Å². The number of esters is 1. The van der Waals surface area contributed by atoms with E-state index in [4.69, 9.17) is 9.15 Å². The number of amides is 1. The van der Waals surface area contributed by atoms with Gasteiger partial charge in [-0.25, -0.2) is 4.79 Å². The number of carbonyl (C=O) groups excluding carboxylic acids is 3. The number of furan rings is 1. The molecule has 1 fully saturated rings. The Morgan fingerprint density at radius 2 is 1.71 bits per heavy atom. The van der Waals surface area contributed by atoms with E-state index in [1.807, 2.05) is 0 Å². The number of rotatable bonds is 5. The summed E-state index contributed by atoms with van der Waals surface area (Å²) in [6.45, 7) is 0.0482. The Hall–Kier alpha value is -4.13. The van der Waals surface area contributed by atoms with E-state index in [9.17, 15) is 19.5 Å². The van der Waals surface area contributed by atoms with Gasteiger partial charge < -0.3 is 19.2 Å². The van der Waals surface area contributed by atoms with Crippen LogP contribution in [0.3, 0.4) is 0 Å². The van der Waals surface area contributed by atoms with E-state index in [-0.39, 0.29) is 17.9 Å². The van der Waals surface area contributed by atoms with E-state index in [2.05, 4.69) is 0 Å². The lowest BCUT2D eigenvalue weighted by atomic mass is 9.94. The van der Waals surface area contributed by atoms with Crippen LogP contribution in [0.5, 0.6) is 0 Å². The standard InChI is InChI=1S/C24H19NO6/c1-30-24(29)17-11-9-15(10-12-17)20-19(21(26)16-6-3-2-4-7-16)22(27)23(28)25(20)14-18-8-5-13-31-18/h2-13,20,26H,14H2,1H3/b21-19+. The van der Waals surface area contributed by atoms with Crippen molar-refractivity contribution in [1.82, 2.24) is 4.90 Å². The molecule has 1 aliphatic heterocycles. The molecule has 1 aliphatic rings. The number of ketones is 1. The fourth-order valence-electron chi connectivity index (χ4n) is 3.63. The molecule has 156 valence electrons. The normalized spacial score (nSPS) is 17.7. The zero-order valence-electron chi connectivity index (χ0n) is 16.6. The molecule has 0 saturated carbocycles. The van der Waals surface area contributed by atoms with Gasteiger partial charge in [-0.3, -0.25) is 9.59 Å². The predicted octanol–water partition coefficient (Wildman–Crippen LogP) is 3.69. The third-order valence-electron chi connectivity index (χ3n) is 5.14. The molecule has 0 bridgehead atoms. The first-order valence-electron chi connectivity index (χ1n) is 9.55. The number of hydrogen-bond donors (Lipinski definition) is 1. The molecule has 1 unspecified atom stereocenters. The molecule has 0 aliphatic carbocycles. The predicted molar refractivity (Wildman–Crippen MR) is 111 cm³/mol. The van der Waals surface area contributed by atoms with Gasteiger partial charge in [-0.1, -0.05) is 42.5 Å². The van der Waals surface area contributed by atoms with Crippen LogP contribution in [-0.4, -0.2) is 34.8 Å². The summed E-state index contributed by atoms with van der Waals surface area (Å²) in [5.41, 5.74) is 1.30. The smallest absolute Gasteiger partial charge is 0.337 e. The number of benzene rings is 2. The Labute approximate surface area is 178 Å². The Balaban J connectivity index is 1.84. The molecule has 7 heteroatoms. The Morgan fingerprint density at radius 3 is 2.32 bits per heavy atom. The number of aliphatic hydroxyl groups excluding tert-OH is 1. The lowest BCUT2D eigenvalue weighted by molar-refractivity contribution is -0.140. The van der Waals surface area contributed by atoms with Gasteiger partial charge in [-0.2, -0.15) is 0 Å². The third-order valence-corrected chi connectivity index (χ3v) is 5.14. The van der Waals surface area contributed by atoms with Crippen molar-refractivity contribution in [3.63, 3.8) is 0 Å². The minimum absolute atomic E-state index is 0.0198. The number of likely N-dealkylation sites (tertiary alicyclic amines) is 1. The van der Waals surface area contributed by atoms with Crippen LogP contribution in [0.2, 0.25) is 0 Å². The maximum absolute atomic E-state index is 13.0. The molecule has 1 saturated heterocycles. The van der Waals surface area contributed by atoms with E-state index in [1.165, 1.54) is 18.3 Å². The van der Waals surface area contributed by atoms with Gasteiger partial charge in [-0.15, -0.1) is 0 Å². The number of ether oxygens (including phenoxy) is 1. The maximum atomic E-state index is 13.0. The van der Waals surface area contributed by atoms with Crippen LogP contribution in [-0.2, 0) is 20.9 Å². The minimum atomic E-state index is -0.850. The highest BCUT2D eigenvalue weighted by atomic mass is 16.5. The largest absolute Gasteiger partial charge is 0.507 e. The summed E-state index contributed by atoms with van der Waals surface area (Å²) in [4.78, 5) is 39.0. The lowest BCUT2D eigenvalue weighted by Gasteiger charge is -2.24. The number of nitrogens with zero attached hydrogens (tertiary/aromatic N) is 1. The summed E-state index contributed by atoms with van der Waals surface area (Å²) in [7, 11) is 1.29. The second kappa shape index (κ2) is 8.31. The molecule has 4 rings (SSSR count). The van der Waals surface area contributed by atoms with Crippen molar-refractivity contribution < 1.29 is 28.6 Å². The topological polar surface area (TPSA) is 97.0 Å². The molecule has 2 heterocycles. The third kappa shape index (κ3) is 3.73. The molecule has 1 atom stereocenters. The summed E-state index contributed by atoms with van der Waals surface area (Å²) in [6, 6.07) is 17.5. The molecule has 1 N–H and O–H groups in total. The highest BCUT2D eigenvalue weighted by molar-refractivity contribution is 6.46. The fourth-order valence-corrected chi connectivity index (χ4v) is 3.63. The van der Waals surface area contributed by atoms with Gasteiger partial charge >= 0.3 is 5.97 Å². The van der Waals surface area contributed by atoms with E-state index >= 15 is 0 Å². The molecular weight excluding hydrogens is 398 g/mol. The van der Waals surface area contributed by atoms with Crippen LogP contribution in [0.1, 0.15) is 33.3 Å². The van der Waals surface area contributed by atoms with Crippen LogP contribution in [0.25, 0.3) is 5.76 Å². The maximum Gasteiger partial charge on any atom is 0.337 e.